The Morgan fingerprint density at radius 1 is 1.43 bits per heavy atom. The van der Waals surface area contributed by atoms with Crippen LogP contribution in [0.25, 0.3) is 11.0 Å². The minimum absolute atomic E-state index is 0.208. The van der Waals surface area contributed by atoms with Gasteiger partial charge in [0.1, 0.15) is 5.65 Å². The van der Waals surface area contributed by atoms with Gasteiger partial charge in [-0.15, -0.1) is 0 Å². The van der Waals surface area contributed by atoms with Gasteiger partial charge in [-0.05, 0) is 18.9 Å². The van der Waals surface area contributed by atoms with Gasteiger partial charge in [0.2, 0.25) is 5.95 Å². The average Bonchev–Trinajstić information content (AvgIpc) is 2.52. The Morgan fingerprint density at radius 3 is 2.90 bits per heavy atom. The van der Waals surface area contributed by atoms with E-state index < -0.39 is 0 Å². The van der Waals surface area contributed by atoms with Crippen LogP contribution in [0.5, 0.6) is 5.75 Å². The molecule has 1 N–H and O–H groups in total. The van der Waals surface area contributed by atoms with Gasteiger partial charge in [-0.25, -0.2) is 4.98 Å². The maximum atomic E-state index is 12.1. The van der Waals surface area contributed by atoms with E-state index in [9.17, 15) is 4.79 Å². The molecule has 0 atom stereocenters. The number of pyridine rings is 1. The summed E-state index contributed by atoms with van der Waals surface area (Å²) < 4.78 is 11.9. The van der Waals surface area contributed by atoms with E-state index in [-0.39, 0.29) is 5.56 Å². The zero-order chi connectivity index (χ0) is 14.8. The van der Waals surface area contributed by atoms with Gasteiger partial charge < -0.3 is 14.8 Å². The smallest absolute Gasteiger partial charge is 0.294 e. The third-order valence-corrected chi connectivity index (χ3v) is 3.69. The van der Waals surface area contributed by atoms with Crippen molar-refractivity contribution in [2.75, 3.05) is 25.6 Å². The number of nitrogens with one attached hydrogen (secondary N) is 1. The van der Waals surface area contributed by atoms with Crippen LogP contribution in [0.15, 0.2) is 17.1 Å². The molecule has 0 aromatic carbocycles. The molecule has 0 radical (unpaired) electrons. The van der Waals surface area contributed by atoms with Crippen molar-refractivity contribution >= 4 is 17.0 Å². The molecular weight excluding hydrogens is 272 g/mol. The van der Waals surface area contributed by atoms with Gasteiger partial charge >= 0.3 is 0 Å². The Hall–Kier alpha value is -2.15. The molecule has 0 unspecified atom stereocenters. The maximum Gasteiger partial charge on any atom is 0.294 e. The molecule has 1 aliphatic rings. The minimum Gasteiger partial charge on any atom is -0.491 e. The quantitative estimate of drug-likeness (QED) is 0.906. The molecule has 7 heteroatoms. The number of anilines is 1. The SMILES string of the molecule is COc1cc2cnc(NC3CCOCC3)nc2n(C)c1=O. The van der Waals surface area contributed by atoms with E-state index in [2.05, 4.69) is 15.3 Å². The second-order valence-corrected chi connectivity index (χ2v) is 5.08. The second kappa shape index (κ2) is 5.69. The van der Waals surface area contributed by atoms with E-state index in [0.29, 0.717) is 23.4 Å². The summed E-state index contributed by atoms with van der Waals surface area (Å²) in [6.07, 6.45) is 3.57. The molecule has 21 heavy (non-hydrogen) atoms. The Morgan fingerprint density at radius 2 is 2.19 bits per heavy atom. The van der Waals surface area contributed by atoms with Gasteiger partial charge in [-0.2, -0.15) is 4.98 Å². The van der Waals surface area contributed by atoms with Crippen LogP contribution < -0.4 is 15.6 Å². The normalized spacial score (nSPS) is 16.1. The Kier molecular flexibility index (Phi) is 3.74. The van der Waals surface area contributed by atoms with Crippen LogP contribution in [0.2, 0.25) is 0 Å². The highest BCUT2D eigenvalue weighted by atomic mass is 16.5. The fourth-order valence-electron chi connectivity index (χ4n) is 2.46. The molecule has 0 amide bonds. The number of aromatic nitrogens is 3. The first-order valence-electron chi connectivity index (χ1n) is 6.94. The monoisotopic (exact) mass is 290 g/mol. The topological polar surface area (TPSA) is 78.3 Å². The summed E-state index contributed by atoms with van der Waals surface area (Å²) in [5, 5.41) is 4.07. The number of hydrogen-bond acceptors (Lipinski definition) is 6. The highest BCUT2D eigenvalue weighted by Crippen LogP contribution is 2.17. The highest BCUT2D eigenvalue weighted by molar-refractivity contribution is 5.76. The first kappa shape index (κ1) is 13.8. The summed E-state index contributed by atoms with van der Waals surface area (Å²) in [4.78, 5) is 20.8. The first-order chi connectivity index (χ1) is 10.2. The van der Waals surface area contributed by atoms with Crippen LogP contribution in [0.4, 0.5) is 5.95 Å². The molecule has 0 aliphatic carbocycles. The summed E-state index contributed by atoms with van der Waals surface area (Å²) in [7, 11) is 3.16. The van der Waals surface area contributed by atoms with E-state index in [4.69, 9.17) is 9.47 Å². The highest BCUT2D eigenvalue weighted by Gasteiger charge is 2.15. The van der Waals surface area contributed by atoms with Crippen LogP contribution in [-0.2, 0) is 11.8 Å². The molecule has 7 nitrogen and oxygen atoms in total. The zero-order valence-corrected chi connectivity index (χ0v) is 12.1. The summed E-state index contributed by atoms with van der Waals surface area (Å²) in [5.41, 5.74) is 0.381. The number of aryl methyl sites for hydroxylation is 1. The largest absolute Gasteiger partial charge is 0.491 e. The molecule has 3 heterocycles. The summed E-state index contributed by atoms with van der Waals surface area (Å²) >= 11 is 0. The van der Waals surface area contributed by atoms with Crippen LogP contribution in [0, 0.1) is 0 Å². The first-order valence-corrected chi connectivity index (χ1v) is 6.94. The van der Waals surface area contributed by atoms with Crippen molar-refractivity contribution in [3.05, 3.63) is 22.6 Å². The molecule has 1 fully saturated rings. The van der Waals surface area contributed by atoms with Crippen molar-refractivity contribution in [1.82, 2.24) is 14.5 Å². The minimum atomic E-state index is -0.208. The summed E-state index contributed by atoms with van der Waals surface area (Å²) in [5.74, 6) is 0.827. The molecule has 2 aromatic heterocycles. The third kappa shape index (κ3) is 2.69. The lowest BCUT2D eigenvalue weighted by molar-refractivity contribution is 0.0903. The average molecular weight is 290 g/mol. The van der Waals surface area contributed by atoms with E-state index in [1.165, 1.54) is 11.7 Å². The molecule has 0 saturated carbocycles. The van der Waals surface area contributed by atoms with Crippen molar-refractivity contribution < 1.29 is 9.47 Å². The Labute approximate surface area is 121 Å². The van der Waals surface area contributed by atoms with Gasteiger partial charge in [-0.3, -0.25) is 9.36 Å². The van der Waals surface area contributed by atoms with E-state index >= 15 is 0 Å². The Bertz CT molecular complexity index is 707. The zero-order valence-electron chi connectivity index (χ0n) is 12.1. The lowest BCUT2D eigenvalue weighted by Crippen LogP contribution is -2.29. The van der Waals surface area contributed by atoms with Crippen LogP contribution in [0.1, 0.15) is 12.8 Å². The third-order valence-electron chi connectivity index (χ3n) is 3.69. The van der Waals surface area contributed by atoms with Crippen LogP contribution in [0.3, 0.4) is 0 Å². The molecule has 1 aliphatic heterocycles. The number of fused-ring (bicyclic) bond motifs is 1. The van der Waals surface area contributed by atoms with Gasteiger partial charge in [0.05, 0.1) is 7.11 Å². The number of nitrogens with zero attached hydrogens (tertiary/aromatic N) is 3. The number of hydrogen-bond donors (Lipinski definition) is 1. The fraction of sp³-hybridized carbons (Fsp3) is 0.500. The summed E-state index contributed by atoms with van der Waals surface area (Å²) in [6, 6.07) is 1.97. The molecule has 112 valence electrons. The standard InChI is InChI=1S/C14H18N4O3/c1-18-12-9(7-11(20-2)13(18)19)8-15-14(17-12)16-10-3-5-21-6-4-10/h7-8,10H,3-6H2,1-2H3,(H,15,16,17). The van der Waals surface area contributed by atoms with Gasteiger partial charge in [0, 0.05) is 37.9 Å². The number of ether oxygens (including phenoxy) is 2. The predicted molar refractivity (Wildman–Crippen MR) is 78.8 cm³/mol. The number of rotatable bonds is 3. The van der Waals surface area contributed by atoms with Crippen molar-refractivity contribution in [3.63, 3.8) is 0 Å². The lowest BCUT2D eigenvalue weighted by atomic mass is 10.1. The van der Waals surface area contributed by atoms with Crippen molar-refractivity contribution in [1.29, 1.82) is 0 Å². The van der Waals surface area contributed by atoms with Gasteiger partial charge in [0.15, 0.2) is 5.75 Å². The van der Waals surface area contributed by atoms with Crippen LogP contribution >= 0.6 is 0 Å². The molecule has 3 rings (SSSR count). The second-order valence-electron chi connectivity index (χ2n) is 5.08. The van der Waals surface area contributed by atoms with E-state index in [0.717, 1.165) is 31.4 Å². The molecule has 2 aromatic rings. The van der Waals surface area contributed by atoms with E-state index in [1.807, 2.05) is 0 Å². The van der Waals surface area contributed by atoms with Crippen molar-refractivity contribution in [2.45, 2.75) is 18.9 Å². The van der Waals surface area contributed by atoms with E-state index in [1.54, 1.807) is 19.3 Å². The fourth-order valence-corrected chi connectivity index (χ4v) is 2.46. The molecular formula is C14H18N4O3. The van der Waals surface area contributed by atoms with Crippen molar-refractivity contribution in [2.24, 2.45) is 7.05 Å². The van der Waals surface area contributed by atoms with Gasteiger partial charge in [-0.1, -0.05) is 0 Å². The van der Waals surface area contributed by atoms with Gasteiger partial charge in [0.25, 0.3) is 5.56 Å². The Balaban J connectivity index is 1.95. The molecule has 0 spiro atoms. The van der Waals surface area contributed by atoms with Crippen molar-refractivity contribution in [3.8, 4) is 5.75 Å². The number of methoxy groups -OCH3 is 1. The van der Waals surface area contributed by atoms with Crippen LogP contribution in [-0.4, -0.2) is 40.9 Å². The predicted octanol–water partition coefficient (Wildman–Crippen LogP) is 0.928. The molecule has 1 saturated heterocycles. The molecule has 0 bridgehead atoms. The summed E-state index contributed by atoms with van der Waals surface area (Å²) in [6.45, 7) is 1.50. The lowest BCUT2D eigenvalue weighted by Gasteiger charge is -2.23. The maximum absolute atomic E-state index is 12.1.